The largest absolute Gasteiger partial charge is 0.497 e. The minimum atomic E-state index is 0.0250. The van der Waals surface area contributed by atoms with Crippen LogP contribution in [0, 0.1) is 0 Å². The summed E-state index contributed by atoms with van der Waals surface area (Å²) < 4.78 is 5.29. The molecular weight excluding hydrogens is 404 g/mol. The van der Waals surface area contributed by atoms with E-state index in [1.54, 1.807) is 7.11 Å². The van der Waals surface area contributed by atoms with Gasteiger partial charge in [-0.3, -0.25) is 0 Å². The van der Waals surface area contributed by atoms with Crippen molar-refractivity contribution in [3.8, 4) is 5.75 Å². The second-order valence-corrected chi connectivity index (χ2v) is 8.01. The Morgan fingerprint density at radius 2 is 1.68 bits per heavy atom. The van der Waals surface area contributed by atoms with Crippen LogP contribution >= 0.6 is 12.2 Å². The molecule has 1 atom stereocenters. The zero-order valence-electron chi connectivity index (χ0n) is 17.9. The molecule has 158 valence electrons. The van der Waals surface area contributed by atoms with Gasteiger partial charge in [0.25, 0.3) is 0 Å². The zero-order chi connectivity index (χ0) is 21.8. The van der Waals surface area contributed by atoms with Crippen LogP contribution in [0.4, 0.5) is 11.4 Å². The van der Waals surface area contributed by atoms with Crippen molar-refractivity contribution in [2.24, 2.45) is 5.10 Å². The van der Waals surface area contributed by atoms with Crippen molar-refractivity contribution in [1.29, 1.82) is 0 Å². The molecule has 0 radical (unpaired) electrons. The lowest BCUT2D eigenvalue weighted by atomic mass is 9.98. The average Bonchev–Trinajstić information content (AvgIpc) is 3.25. The number of nitrogens with one attached hydrogen (secondary N) is 1. The lowest BCUT2D eigenvalue weighted by Crippen LogP contribution is -2.31. The Morgan fingerprint density at radius 3 is 2.29 bits per heavy atom. The van der Waals surface area contributed by atoms with Crippen LogP contribution in [0.25, 0.3) is 0 Å². The smallest absolute Gasteiger partial charge is 0.194 e. The summed E-state index contributed by atoms with van der Waals surface area (Å²) in [4.78, 5) is 2.09. The van der Waals surface area contributed by atoms with Crippen LogP contribution in [-0.4, -0.2) is 37.0 Å². The summed E-state index contributed by atoms with van der Waals surface area (Å²) in [6.07, 6.45) is 0.768. The Bertz CT molecular complexity index is 1060. The van der Waals surface area contributed by atoms with Gasteiger partial charge < -0.3 is 15.0 Å². The molecule has 0 saturated heterocycles. The Labute approximate surface area is 189 Å². The van der Waals surface area contributed by atoms with Crippen LogP contribution in [0.15, 0.2) is 84.0 Å². The molecule has 0 spiro atoms. The molecule has 1 unspecified atom stereocenters. The molecule has 0 saturated carbocycles. The Hall–Kier alpha value is -3.38. The van der Waals surface area contributed by atoms with Gasteiger partial charge in [-0.15, -0.1) is 0 Å². The van der Waals surface area contributed by atoms with Crippen molar-refractivity contribution >= 4 is 34.4 Å². The van der Waals surface area contributed by atoms with Gasteiger partial charge in [0.2, 0.25) is 0 Å². The number of nitrogens with zero attached hydrogens (tertiary/aromatic N) is 3. The van der Waals surface area contributed by atoms with Crippen LogP contribution < -0.4 is 15.0 Å². The molecule has 0 aromatic heterocycles. The van der Waals surface area contributed by atoms with Crippen molar-refractivity contribution in [3.05, 3.63) is 90.0 Å². The monoisotopic (exact) mass is 430 g/mol. The Kier molecular flexibility index (Phi) is 6.18. The third-order valence-electron chi connectivity index (χ3n) is 5.36. The molecule has 3 aromatic carbocycles. The predicted molar refractivity (Wildman–Crippen MR) is 132 cm³/mol. The number of para-hydroxylation sites is 1. The molecule has 0 bridgehead atoms. The molecule has 1 heterocycles. The van der Waals surface area contributed by atoms with Gasteiger partial charge in [-0.1, -0.05) is 30.3 Å². The van der Waals surface area contributed by atoms with Gasteiger partial charge in [0.05, 0.1) is 18.9 Å². The van der Waals surface area contributed by atoms with Crippen molar-refractivity contribution in [3.63, 3.8) is 0 Å². The predicted octanol–water partition coefficient (Wildman–Crippen LogP) is 5.31. The zero-order valence-corrected chi connectivity index (χ0v) is 18.8. The third-order valence-corrected chi connectivity index (χ3v) is 5.65. The van der Waals surface area contributed by atoms with E-state index in [4.69, 9.17) is 22.1 Å². The van der Waals surface area contributed by atoms with Crippen molar-refractivity contribution < 1.29 is 4.74 Å². The molecule has 1 aliphatic heterocycles. The minimum absolute atomic E-state index is 0.0250. The number of thiocarbonyl (C=S) groups is 1. The van der Waals surface area contributed by atoms with Crippen molar-refractivity contribution in [2.75, 3.05) is 31.4 Å². The Balaban J connectivity index is 1.64. The quantitative estimate of drug-likeness (QED) is 0.556. The van der Waals surface area contributed by atoms with Gasteiger partial charge >= 0.3 is 0 Å². The first-order chi connectivity index (χ1) is 15.0. The highest BCUT2D eigenvalue weighted by Gasteiger charge is 2.31. The summed E-state index contributed by atoms with van der Waals surface area (Å²) in [6.45, 7) is 0. The van der Waals surface area contributed by atoms with Gasteiger partial charge in [-0.05, 0) is 71.9 Å². The molecular formula is C25H26N4OS. The van der Waals surface area contributed by atoms with Gasteiger partial charge in [-0.2, -0.15) is 5.10 Å². The highest BCUT2D eigenvalue weighted by Crippen LogP contribution is 2.34. The van der Waals surface area contributed by atoms with Crippen molar-refractivity contribution in [2.45, 2.75) is 12.5 Å². The molecule has 4 rings (SSSR count). The number of anilines is 2. The van der Waals surface area contributed by atoms with E-state index >= 15 is 0 Å². The van der Waals surface area contributed by atoms with Crippen LogP contribution in [0.3, 0.4) is 0 Å². The highest BCUT2D eigenvalue weighted by atomic mass is 32.1. The first-order valence-electron chi connectivity index (χ1n) is 10.2. The van der Waals surface area contributed by atoms with Crippen LogP contribution in [0.2, 0.25) is 0 Å². The molecule has 3 aromatic rings. The summed E-state index contributed by atoms with van der Waals surface area (Å²) in [6, 6.07) is 26.6. The standard InChI is InChI=1S/C25H26N4OS/c1-28(2)21-13-9-19(10-14-21)24-17-23(18-11-15-22(30-3)16-12-18)27-29(24)25(31)26-20-7-5-4-6-8-20/h4-16,24H,17H2,1-3H3,(H,26,31). The number of hydrogen-bond donors (Lipinski definition) is 1. The summed E-state index contributed by atoms with van der Waals surface area (Å²) in [5.41, 5.74) is 5.36. The fourth-order valence-electron chi connectivity index (χ4n) is 3.61. The molecule has 1 N–H and O–H groups in total. The summed E-state index contributed by atoms with van der Waals surface area (Å²) in [5, 5.41) is 10.7. The van der Waals surface area contributed by atoms with Gasteiger partial charge in [0.1, 0.15) is 5.75 Å². The molecule has 6 heteroatoms. The van der Waals surface area contributed by atoms with Crippen LogP contribution in [0.5, 0.6) is 5.75 Å². The fourth-order valence-corrected chi connectivity index (χ4v) is 3.90. The lowest BCUT2D eigenvalue weighted by molar-refractivity contribution is 0.375. The summed E-state index contributed by atoms with van der Waals surface area (Å²) in [5.74, 6) is 0.830. The minimum Gasteiger partial charge on any atom is -0.497 e. The molecule has 0 fully saturated rings. The first-order valence-corrected chi connectivity index (χ1v) is 10.6. The van der Waals surface area contributed by atoms with Crippen LogP contribution in [0.1, 0.15) is 23.6 Å². The number of hydrogen-bond acceptors (Lipinski definition) is 4. The van der Waals surface area contributed by atoms with E-state index in [0.717, 1.165) is 34.8 Å². The lowest BCUT2D eigenvalue weighted by Gasteiger charge is -2.25. The number of benzene rings is 3. The fraction of sp³-hybridized carbons (Fsp3) is 0.200. The number of methoxy groups -OCH3 is 1. The van der Waals surface area contributed by atoms with Gasteiger partial charge in [0.15, 0.2) is 5.11 Å². The van der Waals surface area contributed by atoms with E-state index in [2.05, 4.69) is 34.5 Å². The molecule has 0 aliphatic carbocycles. The van der Waals surface area contributed by atoms with Crippen LogP contribution in [-0.2, 0) is 0 Å². The highest BCUT2D eigenvalue weighted by molar-refractivity contribution is 7.80. The van der Waals surface area contributed by atoms with E-state index < -0.39 is 0 Å². The molecule has 0 amide bonds. The van der Waals surface area contributed by atoms with Gasteiger partial charge in [-0.25, -0.2) is 5.01 Å². The summed E-state index contributed by atoms with van der Waals surface area (Å²) in [7, 11) is 5.76. The molecule has 5 nitrogen and oxygen atoms in total. The van der Waals surface area contributed by atoms with Crippen molar-refractivity contribution in [1.82, 2.24) is 5.01 Å². The second kappa shape index (κ2) is 9.18. The van der Waals surface area contributed by atoms with Gasteiger partial charge in [0, 0.05) is 31.9 Å². The SMILES string of the molecule is COc1ccc(C2=NN(C(=S)Nc3ccccc3)C(c3ccc(N(C)C)cc3)C2)cc1. The van der Waals surface area contributed by atoms with E-state index in [1.165, 1.54) is 5.56 Å². The number of hydrazone groups is 1. The number of rotatable bonds is 5. The maximum absolute atomic E-state index is 5.76. The second-order valence-electron chi connectivity index (χ2n) is 7.62. The molecule has 31 heavy (non-hydrogen) atoms. The third kappa shape index (κ3) is 4.70. The first kappa shape index (κ1) is 20.9. The van der Waals surface area contributed by atoms with E-state index in [0.29, 0.717) is 5.11 Å². The maximum Gasteiger partial charge on any atom is 0.194 e. The Morgan fingerprint density at radius 1 is 1.00 bits per heavy atom. The maximum atomic E-state index is 5.76. The van der Waals surface area contributed by atoms with E-state index in [9.17, 15) is 0 Å². The average molecular weight is 431 g/mol. The van der Waals surface area contributed by atoms with E-state index in [-0.39, 0.29) is 6.04 Å². The normalized spacial score (nSPS) is 15.4. The number of ether oxygens (including phenoxy) is 1. The summed E-state index contributed by atoms with van der Waals surface area (Å²) >= 11 is 5.76. The molecule has 1 aliphatic rings. The topological polar surface area (TPSA) is 40.1 Å². The van der Waals surface area contributed by atoms with E-state index in [1.807, 2.05) is 73.7 Å².